The number of hydrogen-bond donors (Lipinski definition) is 2. The molecule has 1 aliphatic rings. The number of oxazole rings is 1. The van der Waals surface area contributed by atoms with Crippen LogP contribution in [0.5, 0.6) is 0 Å². The van der Waals surface area contributed by atoms with Gasteiger partial charge in [0.2, 0.25) is 0 Å². The summed E-state index contributed by atoms with van der Waals surface area (Å²) in [4.78, 5) is 19.3. The fraction of sp³-hybridized carbons (Fsp3) is 0.360. The molecule has 0 bridgehead atoms. The Morgan fingerprint density at radius 3 is 2.62 bits per heavy atom. The lowest BCUT2D eigenvalue weighted by Crippen LogP contribution is -2.39. The van der Waals surface area contributed by atoms with Gasteiger partial charge in [0.1, 0.15) is 6.26 Å². The molecule has 0 aliphatic carbocycles. The van der Waals surface area contributed by atoms with Gasteiger partial charge in [0, 0.05) is 67.7 Å². The van der Waals surface area contributed by atoms with E-state index in [1.54, 1.807) is 50.3 Å². The van der Waals surface area contributed by atoms with Gasteiger partial charge in [0.25, 0.3) is 11.6 Å². The number of carbonyl (C=O) groups excluding carboxylic acids is 1. The molecule has 37 heavy (non-hydrogen) atoms. The maximum Gasteiger partial charge on any atom is 0.435 e. The first-order valence-corrected chi connectivity index (χ1v) is 11.7. The molecule has 0 unspecified atom stereocenters. The van der Waals surface area contributed by atoms with Crippen LogP contribution in [0.3, 0.4) is 0 Å². The largest absolute Gasteiger partial charge is 0.435 e. The zero-order valence-corrected chi connectivity index (χ0v) is 20.8. The summed E-state index contributed by atoms with van der Waals surface area (Å²) in [5, 5.41) is 11.7. The van der Waals surface area contributed by atoms with E-state index in [-0.39, 0.29) is 36.8 Å². The van der Waals surface area contributed by atoms with E-state index >= 15 is 0 Å². The fourth-order valence-corrected chi connectivity index (χ4v) is 4.44. The number of benzene rings is 1. The number of aryl methyl sites for hydroxylation is 1. The predicted octanol–water partition coefficient (Wildman–Crippen LogP) is 3.44. The third-order valence-electron chi connectivity index (χ3n) is 6.29. The van der Waals surface area contributed by atoms with Gasteiger partial charge in [-0.25, -0.2) is 0 Å². The summed E-state index contributed by atoms with van der Waals surface area (Å²) in [5.41, 5.74) is 7.71. The van der Waals surface area contributed by atoms with Crippen molar-refractivity contribution in [2.24, 2.45) is 10.7 Å². The number of nitrogens with one attached hydrogen (secondary N) is 1. The topological polar surface area (TPSA) is 118 Å². The molecule has 0 fully saturated rings. The standard InChI is InChI=1S/C25H28F3N7O2/c1-4-35-14-21(22(32-35)25(26,27)28)19-9-16(12-34-7-8-37-24(34)30)10-20-18(19)5-6-33(23(20)36)13-17(11-31-3)15(2)29/h7-11,14,30H,4-6,12-13,29H2,1-3H3/b17-15+,30-24?,31-11?. The molecular formula is C25H28F3N7O2. The van der Waals surface area contributed by atoms with Gasteiger partial charge in [-0.2, -0.15) is 18.3 Å². The van der Waals surface area contributed by atoms with Crippen LogP contribution in [0.2, 0.25) is 0 Å². The first-order valence-electron chi connectivity index (χ1n) is 11.7. The molecule has 0 saturated heterocycles. The first-order chi connectivity index (χ1) is 17.5. The van der Waals surface area contributed by atoms with Crippen molar-refractivity contribution < 1.29 is 22.4 Å². The summed E-state index contributed by atoms with van der Waals surface area (Å²) in [7, 11) is 1.61. The van der Waals surface area contributed by atoms with Crippen LogP contribution in [-0.4, -0.2) is 51.5 Å². The van der Waals surface area contributed by atoms with E-state index in [1.807, 2.05) is 0 Å². The van der Waals surface area contributed by atoms with Gasteiger partial charge < -0.3 is 15.1 Å². The number of fused-ring (bicyclic) bond motifs is 1. The number of halogens is 3. The number of carbonyl (C=O) groups is 1. The normalized spacial score (nSPS) is 14.9. The molecule has 0 atom stereocenters. The second kappa shape index (κ2) is 10.1. The van der Waals surface area contributed by atoms with Gasteiger partial charge in [0.05, 0.1) is 6.54 Å². The first kappa shape index (κ1) is 26.0. The molecule has 196 valence electrons. The quantitative estimate of drug-likeness (QED) is 0.469. The number of aliphatic imine (C=N–C) groups is 1. The third kappa shape index (κ3) is 5.23. The predicted molar refractivity (Wildman–Crippen MR) is 131 cm³/mol. The summed E-state index contributed by atoms with van der Waals surface area (Å²) < 4.78 is 49.7. The number of allylic oxidation sites excluding steroid dienone is 1. The van der Waals surface area contributed by atoms with Crippen LogP contribution in [0.1, 0.15) is 41.0 Å². The average molecular weight is 516 g/mol. The lowest BCUT2D eigenvalue weighted by molar-refractivity contribution is -0.141. The molecule has 3 aromatic rings. The zero-order chi connectivity index (χ0) is 26.9. The summed E-state index contributed by atoms with van der Waals surface area (Å²) in [5.74, 6) is -0.313. The molecule has 1 aliphatic heterocycles. The highest BCUT2D eigenvalue weighted by molar-refractivity contribution is 6.00. The van der Waals surface area contributed by atoms with Crippen molar-refractivity contribution >= 4 is 12.1 Å². The Balaban J connectivity index is 1.87. The lowest BCUT2D eigenvalue weighted by Gasteiger charge is -2.31. The van der Waals surface area contributed by atoms with Crippen molar-refractivity contribution in [2.45, 2.75) is 39.5 Å². The number of aromatic nitrogens is 3. The summed E-state index contributed by atoms with van der Waals surface area (Å²) >= 11 is 0. The Kier molecular flexibility index (Phi) is 7.10. The second-order valence-electron chi connectivity index (χ2n) is 8.82. The maximum absolute atomic E-state index is 14.0. The molecule has 1 aromatic carbocycles. The minimum Gasteiger partial charge on any atom is -0.432 e. The lowest BCUT2D eigenvalue weighted by atomic mass is 9.88. The van der Waals surface area contributed by atoms with Gasteiger partial charge in [0.15, 0.2) is 5.69 Å². The SMILES string of the molecule is CCn1cc(-c2cc(Cn3ccoc3=N)cc3c2CCN(C/C(C=NC)=C(\C)N)C3=O)c(C(F)(F)F)n1. The van der Waals surface area contributed by atoms with Crippen LogP contribution >= 0.6 is 0 Å². The van der Waals surface area contributed by atoms with Crippen LogP contribution in [-0.2, 0) is 25.7 Å². The number of rotatable bonds is 7. The highest BCUT2D eigenvalue weighted by Crippen LogP contribution is 2.40. The highest BCUT2D eigenvalue weighted by Gasteiger charge is 2.39. The highest BCUT2D eigenvalue weighted by atomic mass is 19.4. The van der Waals surface area contributed by atoms with E-state index in [0.717, 1.165) is 0 Å². The van der Waals surface area contributed by atoms with E-state index in [1.165, 1.54) is 21.7 Å². The molecular weight excluding hydrogens is 487 g/mol. The molecule has 3 heterocycles. The molecule has 0 saturated carbocycles. The average Bonchev–Trinajstić information content (AvgIpc) is 3.46. The van der Waals surface area contributed by atoms with Crippen LogP contribution in [0.25, 0.3) is 11.1 Å². The number of nitrogens with two attached hydrogens (primary N) is 1. The van der Waals surface area contributed by atoms with E-state index < -0.39 is 11.9 Å². The molecule has 12 heteroatoms. The van der Waals surface area contributed by atoms with E-state index in [9.17, 15) is 18.0 Å². The van der Waals surface area contributed by atoms with Crippen molar-refractivity contribution in [1.82, 2.24) is 19.2 Å². The van der Waals surface area contributed by atoms with E-state index in [2.05, 4.69) is 10.1 Å². The summed E-state index contributed by atoms with van der Waals surface area (Å²) in [6, 6.07) is 3.32. The van der Waals surface area contributed by atoms with E-state index in [0.29, 0.717) is 46.5 Å². The van der Waals surface area contributed by atoms with Crippen LogP contribution in [0.15, 0.2) is 51.5 Å². The number of alkyl halides is 3. The van der Waals surface area contributed by atoms with Crippen molar-refractivity contribution in [2.75, 3.05) is 20.1 Å². The Morgan fingerprint density at radius 1 is 1.30 bits per heavy atom. The molecule has 3 N–H and O–H groups in total. The maximum atomic E-state index is 14.0. The van der Waals surface area contributed by atoms with Crippen LogP contribution in [0.4, 0.5) is 13.2 Å². The van der Waals surface area contributed by atoms with Crippen LogP contribution < -0.4 is 11.4 Å². The minimum absolute atomic E-state index is 0.0755. The molecule has 1 amide bonds. The van der Waals surface area contributed by atoms with Gasteiger partial charge in [-0.05, 0) is 49.1 Å². The number of hydrogen-bond acceptors (Lipinski definition) is 6. The molecule has 9 nitrogen and oxygen atoms in total. The Hall–Kier alpha value is -4.09. The van der Waals surface area contributed by atoms with Crippen molar-refractivity contribution in [3.05, 3.63) is 70.1 Å². The summed E-state index contributed by atoms with van der Waals surface area (Å²) in [6.07, 6.45) is 1.55. The van der Waals surface area contributed by atoms with Gasteiger partial charge in [-0.15, -0.1) is 0 Å². The number of nitrogens with zero attached hydrogens (tertiary/aromatic N) is 5. The van der Waals surface area contributed by atoms with Gasteiger partial charge in [-0.3, -0.25) is 24.4 Å². The van der Waals surface area contributed by atoms with Crippen molar-refractivity contribution in [1.29, 1.82) is 5.41 Å². The fourth-order valence-electron chi connectivity index (χ4n) is 4.44. The number of amides is 1. The minimum atomic E-state index is -4.67. The molecule has 4 rings (SSSR count). The smallest absolute Gasteiger partial charge is 0.432 e. The Bertz CT molecular complexity index is 1440. The Labute approximate surface area is 211 Å². The van der Waals surface area contributed by atoms with Crippen molar-refractivity contribution in [3.8, 4) is 11.1 Å². The van der Waals surface area contributed by atoms with Gasteiger partial charge in [-0.1, -0.05) is 0 Å². The summed E-state index contributed by atoms with van der Waals surface area (Å²) in [6.45, 7) is 4.37. The van der Waals surface area contributed by atoms with Crippen LogP contribution in [0, 0.1) is 5.41 Å². The molecule has 0 radical (unpaired) electrons. The second-order valence-corrected chi connectivity index (χ2v) is 8.82. The zero-order valence-electron chi connectivity index (χ0n) is 20.8. The monoisotopic (exact) mass is 515 g/mol. The van der Waals surface area contributed by atoms with E-state index in [4.69, 9.17) is 15.6 Å². The molecule has 0 spiro atoms. The van der Waals surface area contributed by atoms with Crippen molar-refractivity contribution in [3.63, 3.8) is 0 Å². The third-order valence-corrected chi connectivity index (χ3v) is 6.29. The molecule has 2 aromatic heterocycles. The Morgan fingerprint density at radius 2 is 2.03 bits per heavy atom. The van der Waals surface area contributed by atoms with Gasteiger partial charge >= 0.3 is 6.18 Å².